The molecule has 1 aromatic heterocycles. The van der Waals surface area contributed by atoms with Gasteiger partial charge in [-0.15, -0.1) is 0 Å². The first-order valence-electron chi connectivity index (χ1n) is 12.1. The van der Waals surface area contributed by atoms with Crippen LogP contribution in [0.25, 0.3) is 11.1 Å². The van der Waals surface area contributed by atoms with E-state index in [0.29, 0.717) is 0 Å². The molecule has 0 radical (unpaired) electrons. The summed E-state index contributed by atoms with van der Waals surface area (Å²) >= 11 is 0. The lowest BCUT2D eigenvalue weighted by Gasteiger charge is -2.28. The van der Waals surface area contributed by atoms with Crippen LogP contribution < -0.4 is 0 Å². The van der Waals surface area contributed by atoms with E-state index in [-0.39, 0.29) is 0 Å². The number of unbranched alkanes of at least 4 members (excludes halogenated alkanes) is 2. The van der Waals surface area contributed by atoms with Gasteiger partial charge in [0.25, 0.3) is 0 Å². The van der Waals surface area contributed by atoms with E-state index < -0.39 is 0 Å². The van der Waals surface area contributed by atoms with E-state index in [2.05, 4.69) is 45.0 Å². The zero-order valence-electron chi connectivity index (χ0n) is 18.9. The Morgan fingerprint density at radius 1 is 0.828 bits per heavy atom. The van der Waals surface area contributed by atoms with Crippen LogP contribution in [0.15, 0.2) is 30.5 Å². The number of benzene rings is 1. The van der Waals surface area contributed by atoms with Gasteiger partial charge in [0.1, 0.15) is 5.82 Å². The molecule has 0 spiro atoms. The summed E-state index contributed by atoms with van der Waals surface area (Å²) < 4.78 is 0. The second-order valence-electron chi connectivity index (χ2n) is 9.15. The monoisotopic (exact) mass is 392 g/mol. The lowest BCUT2D eigenvalue weighted by Crippen LogP contribution is -2.15. The molecule has 2 nitrogen and oxygen atoms in total. The quantitative estimate of drug-likeness (QED) is 0.387. The molecular formula is C27H40N2. The maximum Gasteiger partial charge on any atom is 0.128 e. The molecule has 0 saturated heterocycles. The first kappa shape index (κ1) is 22.0. The average molecular weight is 393 g/mol. The molecule has 1 aliphatic rings. The molecule has 0 bridgehead atoms. The molecule has 0 atom stereocenters. The summed E-state index contributed by atoms with van der Waals surface area (Å²) in [6.45, 7) is 6.66. The number of aromatic nitrogens is 2. The van der Waals surface area contributed by atoms with E-state index in [9.17, 15) is 0 Å². The predicted octanol–water partition coefficient (Wildman–Crippen LogP) is 7.72. The van der Waals surface area contributed by atoms with Gasteiger partial charge < -0.3 is 0 Å². The lowest BCUT2D eigenvalue weighted by molar-refractivity contribution is 0.248. The van der Waals surface area contributed by atoms with Gasteiger partial charge >= 0.3 is 0 Å². The summed E-state index contributed by atoms with van der Waals surface area (Å²) in [5.74, 6) is 2.91. The van der Waals surface area contributed by atoms with Crippen LogP contribution in [0, 0.1) is 18.8 Å². The van der Waals surface area contributed by atoms with Crippen molar-refractivity contribution in [1.29, 1.82) is 0 Å². The second kappa shape index (κ2) is 11.5. The molecule has 0 amide bonds. The number of aryl methyl sites for hydroxylation is 3. The van der Waals surface area contributed by atoms with Gasteiger partial charge in [-0.1, -0.05) is 95.9 Å². The minimum Gasteiger partial charge on any atom is -0.241 e. The van der Waals surface area contributed by atoms with Gasteiger partial charge in [0.05, 0.1) is 0 Å². The molecule has 29 heavy (non-hydrogen) atoms. The van der Waals surface area contributed by atoms with E-state index >= 15 is 0 Å². The van der Waals surface area contributed by atoms with Gasteiger partial charge in [0.2, 0.25) is 0 Å². The van der Waals surface area contributed by atoms with E-state index in [4.69, 9.17) is 9.97 Å². The van der Waals surface area contributed by atoms with Gasteiger partial charge in [0, 0.05) is 23.9 Å². The fourth-order valence-electron chi connectivity index (χ4n) is 4.88. The first-order chi connectivity index (χ1) is 14.2. The van der Waals surface area contributed by atoms with Crippen molar-refractivity contribution < 1.29 is 0 Å². The van der Waals surface area contributed by atoms with Crippen LogP contribution in [0.1, 0.15) is 95.1 Å². The zero-order valence-corrected chi connectivity index (χ0v) is 18.9. The minimum absolute atomic E-state index is 0.882. The fourth-order valence-corrected chi connectivity index (χ4v) is 4.88. The smallest absolute Gasteiger partial charge is 0.128 e. The molecule has 0 N–H and O–H groups in total. The van der Waals surface area contributed by atoms with E-state index in [0.717, 1.165) is 36.2 Å². The summed E-state index contributed by atoms with van der Waals surface area (Å²) in [7, 11) is 0. The molecule has 3 rings (SSSR count). The van der Waals surface area contributed by atoms with Gasteiger partial charge in [-0.2, -0.15) is 0 Å². The highest BCUT2D eigenvalue weighted by atomic mass is 14.9. The highest BCUT2D eigenvalue weighted by molar-refractivity contribution is 5.65. The van der Waals surface area contributed by atoms with Crippen LogP contribution in [-0.2, 0) is 12.8 Å². The van der Waals surface area contributed by atoms with Crippen molar-refractivity contribution in [3.63, 3.8) is 0 Å². The standard InChI is InChI=1S/C27H40N2/c1-4-6-7-9-23-10-12-24(13-11-23)16-19-27-28-20-26(21(3)29-27)25-17-14-22(8-5-2)15-18-25/h14-15,17-18,20,23-24H,4-13,16,19H2,1-3H3. The maximum atomic E-state index is 4.85. The highest BCUT2D eigenvalue weighted by Gasteiger charge is 2.21. The van der Waals surface area contributed by atoms with Crippen molar-refractivity contribution in [2.75, 3.05) is 0 Å². The maximum absolute atomic E-state index is 4.85. The Kier molecular flexibility index (Phi) is 8.70. The number of hydrogen-bond acceptors (Lipinski definition) is 2. The molecule has 1 fully saturated rings. The average Bonchev–Trinajstić information content (AvgIpc) is 2.74. The Morgan fingerprint density at radius 3 is 2.14 bits per heavy atom. The van der Waals surface area contributed by atoms with Gasteiger partial charge in [-0.3, -0.25) is 0 Å². The summed E-state index contributed by atoms with van der Waals surface area (Å²) in [5.41, 5.74) is 4.92. The molecule has 2 heteroatoms. The molecule has 158 valence electrons. The predicted molar refractivity (Wildman–Crippen MR) is 124 cm³/mol. The van der Waals surface area contributed by atoms with E-state index in [1.54, 1.807) is 0 Å². The molecule has 2 aromatic rings. The molecule has 0 unspecified atom stereocenters. The normalized spacial score (nSPS) is 19.4. The van der Waals surface area contributed by atoms with Crippen molar-refractivity contribution in [2.45, 2.75) is 97.8 Å². The summed E-state index contributed by atoms with van der Waals surface area (Å²) in [5, 5.41) is 0. The SMILES string of the molecule is CCCCCC1CCC(CCc2ncc(-c3ccc(CCC)cc3)c(C)n2)CC1. The molecule has 1 aliphatic carbocycles. The summed E-state index contributed by atoms with van der Waals surface area (Å²) in [6.07, 6.45) is 18.0. The molecule has 0 aliphatic heterocycles. The van der Waals surface area contributed by atoms with Crippen LogP contribution in [0.2, 0.25) is 0 Å². The summed E-state index contributed by atoms with van der Waals surface area (Å²) in [4.78, 5) is 9.56. The molecule has 1 aromatic carbocycles. The van der Waals surface area contributed by atoms with Gasteiger partial charge in [-0.05, 0) is 42.7 Å². The Labute approximate surface area is 178 Å². The van der Waals surface area contributed by atoms with Crippen molar-refractivity contribution in [3.8, 4) is 11.1 Å². The Morgan fingerprint density at radius 2 is 1.52 bits per heavy atom. The largest absolute Gasteiger partial charge is 0.241 e. The Hall–Kier alpha value is -1.70. The van der Waals surface area contributed by atoms with Gasteiger partial charge in [0.15, 0.2) is 0 Å². The van der Waals surface area contributed by atoms with Crippen molar-refractivity contribution in [1.82, 2.24) is 9.97 Å². The number of rotatable bonds is 10. The molecule has 1 heterocycles. The lowest BCUT2D eigenvalue weighted by atomic mass is 9.78. The van der Waals surface area contributed by atoms with Crippen LogP contribution in [0.3, 0.4) is 0 Å². The minimum atomic E-state index is 0.882. The molecule has 1 saturated carbocycles. The van der Waals surface area contributed by atoms with Crippen LogP contribution in [-0.4, -0.2) is 9.97 Å². The third-order valence-corrected chi connectivity index (χ3v) is 6.79. The van der Waals surface area contributed by atoms with Crippen molar-refractivity contribution >= 4 is 0 Å². The summed E-state index contributed by atoms with van der Waals surface area (Å²) in [6, 6.07) is 8.92. The topological polar surface area (TPSA) is 25.8 Å². The molecular weight excluding hydrogens is 352 g/mol. The van der Waals surface area contributed by atoms with Crippen LogP contribution in [0.4, 0.5) is 0 Å². The number of hydrogen-bond donors (Lipinski definition) is 0. The van der Waals surface area contributed by atoms with E-state index in [1.165, 1.54) is 80.9 Å². The Balaban J connectivity index is 1.48. The fraction of sp³-hybridized carbons (Fsp3) is 0.630. The van der Waals surface area contributed by atoms with E-state index in [1.807, 2.05) is 6.20 Å². The number of nitrogens with zero attached hydrogens (tertiary/aromatic N) is 2. The van der Waals surface area contributed by atoms with Crippen LogP contribution in [0.5, 0.6) is 0 Å². The Bertz CT molecular complexity index is 727. The third kappa shape index (κ3) is 6.66. The van der Waals surface area contributed by atoms with Crippen molar-refractivity contribution in [3.05, 3.63) is 47.5 Å². The third-order valence-electron chi connectivity index (χ3n) is 6.79. The van der Waals surface area contributed by atoms with Gasteiger partial charge in [-0.25, -0.2) is 9.97 Å². The second-order valence-corrected chi connectivity index (χ2v) is 9.15. The highest BCUT2D eigenvalue weighted by Crippen LogP contribution is 2.34. The van der Waals surface area contributed by atoms with Crippen LogP contribution >= 0.6 is 0 Å². The first-order valence-corrected chi connectivity index (χ1v) is 12.1. The van der Waals surface area contributed by atoms with Crippen molar-refractivity contribution in [2.24, 2.45) is 11.8 Å². The zero-order chi connectivity index (χ0) is 20.5.